The fourth-order valence-corrected chi connectivity index (χ4v) is 4.09. The van der Waals surface area contributed by atoms with Crippen LogP contribution in [0.2, 0.25) is 0 Å². The van der Waals surface area contributed by atoms with Crippen molar-refractivity contribution in [3.05, 3.63) is 65.7 Å². The normalized spacial score (nSPS) is 23.6. The molecule has 18 heavy (non-hydrogen) atoms. The van der Waals surface area contributed by atoms with E-state index in [2.05, 4.69) is 0 Å². The number of benzene rings is 2. The van der Waals surface area contributed by atoms with Crippen molar-refractivity contribution in [2.24, 2.45) is 0 Å². The highest BCUT2D eigenvalue weighted by Gasteiger charge is 2.34. The molecule has 2 nitrogen and oxygen atoms in total. The molecule has 0 bridgehead atoms. The van der Waals surface area contributed by atoms with E-state index in [1.165, 1.54) is 0 Å². The molecule has 3 atom stereocenters. The molecule has 1 aliphatic rings. The molecule has 1 aliphatic heterocycles. The topological polar surface area (TPSA) is 37.3 Å². The van der Waals surface area contributed by atoms with Gasteiger partial charge in [-0.15, -0.1) is 0 Å². The first-order valence-corrected chi connectivity index (χ1v) is 7.20. The van der Waals surface area contributed by atoms with Crippen molar-refractivity contribution in [1.82, 2.24) is 0 Å². The number of fused-ring (bicyclic) bond motifs is 1. The van der Waals surface area contributed by atoms with Crippen LogP contribution in [0, 0.1) is 0 Å². The Morgan fingerprint density at radius 3 is 2.44 bits per heavy atom. The molecule has 0 fully saturated rings. The molecule has 2 aromatic rings. The van der Waals surface area contributed by atoms with Crippen molar-refractivity contribution in [2.75, 3.05) is 0 Å². The van der Waals surface area contributed by atoms with Gasteiger partial charge in [0, 0.05) is 4.90 Å². The van der Waals surface area contributed by atoms with Gasteiger partial charge in [0.2, 0.25) is 0 Å². The van der Waals surface area contributed by atoms with Gasteiger partial charge in [-0.25, -0.2) is 0 Å². The predicted octanol–water partition coefficient (Wildman–Crippen LogP) is 2.45. The highest BCUT2D eigenvalue weighted by atomic mass is 32.2. The number of hydrogen-bond acceptors (Lipinski definition) is 2. The minimum absolute atomic E-state index is 0.232. The van der Waals surface area contributed by atoms with Crippen molar-refractivity contribution in [1.29, 1.82) is 0 Å². The van der Waals surface area contributed by atoms with Crippen LogP contribution in [0.4, 0.5) is 0 Å². The summed E-state index contributed by atoms with van der Waals surface area (Å²) in [6.45, 7) is 0. The van der Waals surface area contributed by atoms with Gasteiger partial charge in [0.25, 0.3) is 0 Å². The first-order chi connectivity index (χ1) is 8.77. The lowest BCUT2D eigenvalue weighted by molar-refractivity contribution is 0.173. The molecule has 1 N–H and O–H groups in total. The molecule has 0 amide bonds. The van der Waals surface area contributed by atoms with E-state index in [1.54, 1.807) is 0 Å². The van der Waals surface area contributed by atoms with Gasteiger partial charge in [-0.2, -0.15) is 0 Å². The minimum Gasteiger partial charge on any atom is -0.387 e. The van der Waals surface area contributed by atoms with Crippen molar-refractivity contribution in [3.8, 4) is 0 Å². The van der Waals surface area contributed by atoms with Crippen LogP contribution in [-0.4, -0.2) is 14.6 Å². The Morgan fingerprint density at radius 2 is 1.72 bits per heavy atom. The first-order valence-electron chi connectivity index (χ1n) is 5.99. The van der Waals surface area contributed by atoms with Crippen molar-refractivity contribution in [2.45, 2.75) is 22.7 Å². The lowest BCUT2D eigenvalue weighted by Gasteiger charge is -2.17. The van der Waals surface area contributed by atoms with Gasteiger partial charge >= 0.3 is 0 Å². The lowest BCUT2D eigenvalue weighted by Crippen LogP contribution is -2.21. The zero-order chi connectivity index (χ0) is 12.5. The second-order valence-electron chi connectivity index (χ2n) is 4.50. The van der Waals surface area contributed by atoms with E-state index in [-0.39, 0.29) is 5.25 Å². The quantitative estimate of drug-likeness (QED) is 0.898. The molecule has 0 aliphatic carbocycles. The molecule has 0 spiro atoms. The van der Waals surface area contributed by atoms with Crippen LogP contribution in [0.5, 0.6) is 0 Å². The van der Waals surface area contributed by atoms with Gasteiger partial charge in [0.1, 0.15) is 0 Å². The molecular formula is C15H14O2S. The van der Waals surface area contributed by atoms with Gasteiger partial charge in [-0.05, 0) is 23.6 Å². The summed E-state index contributed by atoms with van der Waals surface area (Å²) in [5.41, 5.74) is 1.93. The Kier molecular flexibility index (Phi) is 3.02. The van der Waals surface area contributed by atoms with Gasteiger partial charge in [-0.3, -0.25) is 4.21 Å². The highest BCUT2D eigenvalue weighted by molar-refractivity contribution is 7.86. The number of rotatable bonds is 2. The molecule has 3 rings (SSSR count). The van der Waals surface area contributed by atoms with Crippen molar-refractivity contribution < 1.29 is 9.32 Å². The summed E-state index contributed by atoms with van der Waals surface area (Å²) in [4.78, 5) is 0.873. The van der Waals surface area contributed by atoms with E-state index >= 15 is 0 Å². The Hall–Kier alpha value is -1.45. The maximum absolute atomic E-state index is 12.4. The summed E-state index contributed by atoms with van der Waals surface area (Å²) in [7, 11) is -1.12. The minimum atomic E-state index is -1.12. The van der Waals surface area contributed by atoms with Crippen LogP contribution < -0.4 is 0 Å². The van der Waals surface area contributed by atoms with E-state index in [9.17, 15) is 9.32 Å². The average Bonchev–Trinajstić information content (AvgIpc) is 2.77. The third-order valence-corrected chi connectivity index (χ3v) is 5.18. The molecule has 92 valence electrons. The smallest absolute Gasteiger partial charge is 0.0940 e. The van der Waals surface area contributed by atoms with E-state index in [1.807, 2.05) is 54.6 Å². The summed E-state index contributed by atoms with van der Waals surface area (Å²) in [6, 6.07) is 17.2. The first kappa shape index (κ1) is 11.6. The lowest BCUT2D eigenvalue weighted by atomic mass is 10.0. The fourth-order valence-electron chi connectivity index (χ4n) is 2.42. The van der Waals surface area contributed by atoms with Crippen molar-refractivity contribution in [3.63, 3.8) is 0 Å². The van der Waals surface area contributed by atoms with E-state index < -0.39 is 16.9 Å². The second kappa shape index (κ2) is 4.67. The van der Waals surface area contributed by atoms with Gasteiger partial charge in [0.15, 0.2) is 0 Å². The standard InChI is InChI=1S/C15H14O2S/c16-15(11-6-2-1-3-7-11)14-10-12-8-4-5-9-13(12)18(14)17/h1-9,14-16H,10H2/t14-,15+,18?/m0/s1. The van der Waals surface area contributed by atoms with Crippen LogP contribution in [0.1, 0.15) is 17.2 Å². The Balaban J connectivity index is 1.91. The molecule has 2 aromatic carbocycles. The third kappa shape index (κ3) is 1.89. The average molecular weight is 258 g/mol. The largest absolute Gasteiger partial charge is 0.387 e. The van der Waals surface area contributed by atoms with E-state index in [0.29, 0.717) is 6.42 Å². The Morgan fingerprint density at radius 1 is 1.06 bits per heavy atom. The SMILES string of the molecule is O=S1c2ccccc2C[C@H]1[C@H](O)c1ccccc1. The third-order valence-electron chi connectivity index (χ3n) is 3.38. The van der Waals surface area contributed by atoms with Crippen LogP contribution in [-0.2, 0) is 17.2 Å². The summed E-state index contributed by atoms with van der Waals surface area (Å²) >= 11 is 0. The summed E-state index contributed by atoms with van der Waals surface area (Å²) in [6.07, 6.45) is 0.0122. The fraction of sp³-hybridized carbons (Fsp3) is 0.200. The number of aliphatic hydroxyl groups is 1. The zero-order valence-electron chi connectivity index (χ0n) is 9.82. The summed E-state index contributed by atoms with van der Waals surface area (Å²) < 4.78 is 12.4. The molecule has 0 radical (unpaired) electrons. The molecular weight excluding hydrogens is 244 g/mol. The highest BCUT2D eigenvalue weighted by Crippen LogP contribution is 2.34. The zero-order valence-corrected chi connectivity index (χ0v) is 10.6. The molecule has 0 saturated carbocycles. The monoisotopic (exact) mass is 258 g/mol. The molecule has 0 saturated heterocycles. The van der Waals surface area contributed by atoms with Crippen molar-refractivity contribution >= 4 is 10.8 Å². The van der Waals surface area contributed by atoms with Crippen LogP contribution in [0.3, 0.4) is 0 Å². The predicted molar refractivity (Wildman–Crippen MR) is 71.7 cm³/mol. The molecule has 0 aromatic heterocycles. The molecule has 3 heteroatoms. The van der Waals surface area contributed by atoms with E-state index in [4.69, 9.17) is 0 Å². The van der Waals surface area contributed by atoms with E-state index in [0.717, 1.165) is 16.0 Å². The Labute approximate surface area is 109 Å². The molecule has 1 unspecified atom stereocenters. The summed E-state index contributed by atoms with van der Waals surface area (Å²) in [5.74, 6) is 0. The van der Waals surface area contributed by atoms with Crippen LogP contribution in [0.25, 0.3) is 0 Å². The summed E-state index contributed by atoms with van der Waals surface area (Å²) in [5, 5.41) is 10.1. The molecule has 1 heterocycles. The van der Waals surface area contributed by atoms with Gasteiger partial charge < -0.3 is 5.11 Å². The van der Waals surface area contributed by atoms with Gasteiger partial charge in [-0.1, -0.05) is 48.5 Å². The number of aliphatic hydroxyl groups excluding tert-OH is 1. The maximum Gasteiger partial charge on any atom is 0.0940 e. The van der Waals surface area contributed by atoms with Crippen LogP contribution in [0.15, 0.2) is 59.5 Å². The maximum atomic E-state index is 12.4. The van der Waals surface area contributed by atoms with Crippen LogP contribution >= 0.6 is 0 Å². The Bertz CT molecular complexity index is 580. The van der Waals surface area contributed by atoms with Gasteiger partial charge in [0.05, 0.1) is 22.2 Å². The number of hydrogen-bond donors (Lipinski definition) is 1. The second-order valence-corrected chi connectivity index (χ2v) is 6.14.